The van der Waals surface area contributed by atoms with Crippen molar-refractivity contribution in [3.05, 3.63) is 34.7 Å². The number of nitrogens with zero attached hydrogens (tertiary/aromatic N) is 2. The molecule has 1 fully saturated rings. The molecule has 1 atom stereocenters. The summed E-state index contributed by atoms with van der Waals surface area (Å²) in [6.07, 6.45) is 6.69. The summed E-state index contributed by atoms with van der Waals surface area (Å²) in [5.74, 6) is 0.570. The van der Waals surface area contributed by atoms with Crippen LogP contribution in [0.2, 0.25) is 0 Å². The first-order valence-electron chi connectivity index (χ1n) is 5.68. The molecule has 0 bridgehead atoms. The lowest BCUT2D eigenvalue weighted by Gasteiger charge is -2.20. The van der Waals surface area contributed by atoms with E-state index in [1.807, 2.05) is 18.3 Å². The standard InChI is InChI=1S/C12H14BrN3/c13-10-4-2-6-16-8-11(15-12(10)16)9-3-1-5-14-7-9/h2,4,6,8-9,14H,1,3,5,7H2. The molecule has 0 aromatic carbocycles. The van der Waals surface area contributed by atoms with E-state index in [2.05, 4.69) is 31.8 Å². The second-order valence-electron chi connectivity index (χ2n) is 4.30. The lowest BCUT2D eigenvalue weighted by molar-refractivity contribution is 0.456. The van der Waals surface area contributed by atoms with Crippen LogP contribution in [0, 0.1) is 0 Å². The van der Waals surface area contributed by atoms with Crippen molar-refractivity contribution in [2.24, 2.45) is 0 Å². The van der Waals surface area contributed by atoms with E-state index in [0.29, 0.717) is 5.92 Å². The Balaban J connectivity index is 2.01. The highest BCUT2D eigenvalue weighted by Gasteiger charge is 2.18. The number of halogens is 1. The van der Waals surface area contributed by atoms with Crippen LogP contribution < -0.4 is 5.32 Å². The van der Waals surface area contributed by atoms with Crippen LogP contribution >= 0.6 is 15.9 Å². The zero-order valence-corrected chi connectivity index (χ0v) is 10.6. The van der Waals surface area contributed by atoms with Gasteiger partial charge in [0, 0.05) is 24.9 Å². The molecule has 3 heterocycles. The van der Waals surface area contributed by atoms with Gasteiger partial charge < -0.3 is 9.72 Å². The second-order valence-corrected chi connectivity index (χ2v) is 5.15. The van der Waals surface area contributed by atoms with Crippen LogP contribution in [0.3, 0.4) is 0 Å². The fourth-order valence-corrected chi connectivity index (χ4v) is 2.74. The Labute approximate surface area is 103 Å². The maximum atomic E-state index is 4.71. The van der Waals surface area contributed by atoms with E-state index in [1.165, 1.54) is 18.5 Å². The molecule has 1 saturated heterocycles. The average Bonchev–Trinajstić information content (AvgIpc) is 2.76. The molecule has 0 spiro atoms. The van der Waals surface area contributed by atoms with E-state index < -0.39 is 0 Å². The largest absolute Gasteiger partial charge is 0.316 e. The summed E-state index contributed by atoms with van der Waals surface area (Å²) < 4.78 is 3.15. The first kappa shape index (κ1) is 10.3. The fraction of sp³-hybridized carbons (Fsp3) is 0.417. The van der Waals surface area contributed by atoms with Crippen molar-refractivity contribution in [1.29, 1.82) is 0 Å². The van der Waals surface area contributed by atoms with Gasteiger partial charge in [0.25, 0.3) is 0 Å². The lowest BCUT2D eigenvalue weighted by atomic mass is 9.97. The number of hydrogen-bond acceptors (Lipinski definition) is 2. The summed E-state index contributed by atoms with van der Waals surface area (Å²) >= 11 is 3.54. The van der Waals surface area contributed by atoms with Gasteiger partial charge in [-0.05, 0) is 47.4 Å². The number of imidazole rings is 1. The van der Waals surface area contributed by atoms with Crippen LogP contribution in [0.1, 0.15) is 24.5 Å². The summed E-state index contributed by atoms with van der Waals surface area (Å²) in [6.45, 7) is 2.20. The molecule has 1 N–H and O–H groups in total. The van der Waals surface area contributed by atoms with Gasteiger partial charge in [-0.25, -0.2) is 4.98 Å². The minimum absolute atomic E-state index is 0.570. The Morgan fingerprint density at radius 2 is 2.44 bits per heavy atom. The predicted octanol–water partition coefficient (Wildman–Crippen LogP) is 2.56. The summed E-state index contributed by atoms with van der Waals surface area (Å²) in [5, 5.41) is 3.43. The van der Waals surface area contributed by atoms with E-state index in [1.54, 1.807) is 0 Å². The van der Waals surface area contributed by atoms with Gasteiger partial charge in [0.15, 0.2) is 5.65 Å². The summed E-state index contributed by atoms with van der Waals surface area (Å²) in [7, 11) is 0. The quantitative estimate of drug-likeness (QED) is 0.870. The molecule has 0 aliphatic carbocycles. The van der Waals surface area contributed by atoms with E-state index in [0.717, 1.165) is 23.2 Å². The highest BCUT2D eigenvalue weighted by Crippen LogP contribution is 2.25. The maximum absolute atomic E-state index is 4.71. The molecule has 0 radical (unpaired) electrons. The van der Waals surface area contributed by atoms with Crippen LogP contribution in [0.5, 0.6) is 0 Å². The molecule has 3 rings (SSSR count). The topological polar surface area (TPSA) is 29.3 Å². The smallest absolute Gasteiger partial charge is 0.151 e. The van der Waals surface area contributed by atoms with Crippen LogP contribution in [0.25, 0.3) is 5.65 Å². The third-order valence-electron chi connectivity index (χ3n) is 3.17. The van der Waals surface area contributed by atoms with Crippen LogP contribution in [-0.4, -0.2) is 22.5 Å². The van der Waals surface area contributed by atoms with Crippen LogP contribution in [-0.2, 0) is 0 Å². The first-order chi connectivity index (χ1) is 7.84. The number of piperidine rings is 1. The highest BCUT2D eigenvalue weighted by molar-refractivity contribution is 9.10. The Bertz CT molecular complexity index is 500. The zero-order chi connectivity index (χ0) is 11.0. The normalized spacial score (nSPS) is 21.4. The molecule has 0 saturated carbocycles. The molecule has 84 valence electrons. The molecule has 3 nitrogen and oxygen atoms in total. The molecular weight excluding hydrogens is 266 g/mol. The van der Waals surface area contributed by atoms with Gasteiger partial charge in [0.1, 0.15) is 0 Å². The number of hydrogen-bond donors (Lipinski definition) is 1. The molecule has 2 aromatic heterocycles. The third-order valence-corrected chi connectivity index (χ3v) is 3.79. The SMILES string of the molecule is Brc1cccn2cc(C3CCCNC3)nc12. The fourth-order valence-electron chi connectivity index (χ4n) is 2.30. The molecule has 2 aromatic rings. The van der Waals surface area contributed by atoms with E-state index in [4.69, 9.17) is 4.98 Å². The summed E-state index contributed by atoms with van der Waals surface area (Å²) in [5.41, 5.74) is 2.22. The van der Waals surface area contributed by atoms with Gasteiger partial charge in [0.05, 0.1) is 10.2 Å². The molecule has 1 aliphatic heterocycles. The number of nitrogens with one attached hydrogen (secondary N) is 1. The number of fused-ring (bicyclic) bond motifs is 1. The molecular formula is C12H14BrN3. The Morgan fingerprint density at radius 3 is 3.19 bits per heavy atom. The highest BCUT2D eigenvalue weighted by atomic mass is 79.9. The third kappa shape index (κ3) is 1.76. The van der Waals surface area contributed by atoms with Gasteiger partial charge in [0.2, 0.25) is 0 Å². The number of pyridine rings is 1. The van der Waals surface area contributed by atoms with Crippen molar-refractivity contribution in [2.45, 2.75) is 18.8 Å². The zero-order valence-electron chi connectivity index (χ0n) is 8.99. The van der Waals surface area contributed by atoms with E-state index in [9.17, 15) is 0 Å². The summed E-state index contributed by atoms with van der Waals surface area (Å²) in [4.78, 5) is 4.71. The predicted molar refractivity (Wildman–Crippen MR) is 67.7 cm³/mol. The minimum atomic E-state index is 0.570. The molecule has 4 heteroatoms. The van der Waals surface area contributed by atoms with Gasteiger partial charge in [-0.2, -0.15) is 0 Å². The van der Waals surface area contributed by atoms with Crippen LogP contribution in [0.4, 0.5) is 0 Å². The first-order valence-corrected chi connectivity index (χ1v) is 6.48. The van der Waals surface area contributed by atoms with Crippen molar-refractivity contribution < 1.29 is 0 Å². The van der Waals surface area contributed by atoms with Gasteiger partial charge >= 0.3 is 0 Å². The van der Waals surface area contributed by atoms with Crippen molar-refractivity contribution in [1.82, 2.24) is 14.7 Å². The molecule has 16 heavy (non-hydrogen) atoms. The van der Waals surface area contributed by atoms with Crippen molar-refractivity contribution in [3.8, 4) is 0 Å². The second kappa shape index (κ2) is 4.18. The van der Waals surface area contributed by atoms with Gasteiger partial charge in [-0.1, -0.05) is 0 Å². The summed E-state index contributed by atoms with van der Waals surface area (Å²) in [6, 6.07) is 4.06. The Hall–Kier alpha value is -0.870. The molecule has 0 amide bonds. The van der Waals surface area contributed by atoms with Crippen molar-refractivity contribution in [3.63, 3.8) is 0 Å². The van der Waals surface area contributed by atoms with Crippen molar-refractivity contribution in [2.75, 3.05) is 13.1 Å². The lowest BCUT2D eigenvalue weighted by Crippen LogP contribution is -2.28. The maximum Gasteiger partial charge on any atom is 0.151 e. The molecule has 1 aliphatic rings. The number of rotatable bonds is 1. The van der Waals surface area contributed by atoms with E-state index in [-0.39, 0.29) is 0 Å². The Morgan fingerprint density at radius 1 is 1.50 bits per heavy atom. The average molecular weight is 280 g/mol. The monoisotopic (exact) mass is 279 g/mol. The van der Waals surface area contributed by atoms with Crippen molar-refractivity contribution >= 4 is 21.6 Å². The molecule has 1 unspecified atom stereocenters. The van der Waals surface area contributed by atoms with Gasteiger partial charge in [-0.3, -0.25) is 0 Å². The van der Waals surface area contributed by atoms with Gasteiger partial charge in [-0.15, -0.1) is 0 Å². The number of aromatic nitrogens is 2. The minimum Gasteiger partial charge on any atom is -0.316 e. The van der Waals surface area contributed by atoms with E-state index >= 15 is 0 Å². The van der Waals surface area contributed by atoms with Crippen LogP contribution in [0.15, 0.2) is 29.0 Å². The Kier molecular flexibility index (Phi) is 2.69.